The molecule has 0 spiro atoms. The van der Waals surface area contributed by atoms with E-state index in [1.54, 1.807) is 6.07 Å². The largest absolute Gasteiger partial charge is 0.395 e. The fourth-order valence-corrected chi connectivity index (χ4v) is 3.34. The summed E-state index contributed by atoms with van der Waals surface area (Å²) < 4.78 is 13.8. The van der Waals surface area contributed by atoms with Crippen LogP contribution in [0.3, 0.4) is 0 Å². The molecule has 0 bridgehead atoms. The van der Waals surface area contributed by atoms with Crippen molar-refractivity contribution in [2.45, 2.75) is 12.8 Å². The molecule has 1 aliphatic heterocycles. The molecule has 1 aromatic rings. The van der Waals surface area contributed by atoms with E-state index in [4.69, 9.17) is 5.11 Å². The van der Waals surface area contributed by atoms with Crippen LogP contribution in [0.5, 0.6) is 0 Å². The second kappa shape index (κ2) is 8.06. The van der Waals surface area contributed by atoms with Gasteiger partial charge in [-0.3, -0.25) is 4.79 Å². The average molecular weight is 307 g/mol. The number of aliphatic hydroxyl groups excluding tert-OH is 1. The van der Waals surface area contributed by atoms with Crippen molar-refractivity contribution < 1.29 is 14.3 Å². The fourth-order valence-electron chi connectivity index (χ4n) is 2.05. The Hall–Kier alpha value is -1.51. The lowest BCUT2D eigenvalue weighted by molar-refractivity contribution is 0.0948. The van der Waals surface area contributed by atoms with Gasteiger partial charge in [-0.1, -0.05) is 11.8 Å². The Morgan fingerprint density at radius 2 is 2.38 bits per heavy atom. The molecule has 1 amide bonds. The van der Waals surface area contributed by atoms with Crippen molar-refractivity contribution in [2.75, 3.05) is 24.7 Å². The van der Waals surface area contributed by atoms with Crippen molar-refractivity contribution in [2.24, 2.45) is 5.92 Å². The van der Waals surface area contributed by atoms with Gasteiger partial charge in [-0.25, -0.2) is 4.39 Å². The van der Waals surface area contributed by atoms with Gasteiger partial charge in [-0.15, -0.1) is 0 Å². The van der Waals surface area contributed by atoms with E-state index < -0.39 is 5.82 Å². The van der Waals surface area contributed by atoms with Crippen molar-refractivity contribution in [1.29, 1.82) is 0 Å². The van der Waals surface area contributed by atoms with E-state index in [0.717, 1.165) is 17.9 Å². The number of thioether (sulfide) groups is 1. The highest BCUT2D eigenvalue weighted by atomic mass is 32.2. The summed E-state index contributed by atoms with van der Waals surface area (Å²) in [4.78, 5) is 12.0. The van der Waals surface area contributed by atoms with E-state index in [0.29, 0.717) is 24.4 Å². The maximum Gasteiger partial charge on any atom is 0.251 e. The third kappa shape index (κ3) is 4.76. The Morgan fingerprint density at radius 3 is 3.05 bits per heavy atom. The quantitative estimate of drug-likeness (QED) is 0.837. The SMILES string of the molecule is O=C(NCC1CCSC1)c1ccc(C#CCCO)c(F)c1. The Kier molecular flexibility index (Phi) is 6.09. The summed E-state index contributed by atoms with van der Waals surface area (Å²) in [6, 6.07) is 4.28. The van der Waals surface area contributed by atoms with Crippen LogP contribution in [-0.2, 0) is 0 Å². The highest BCUT2D eigenvalue weighted by Crippen LogP contribution is 2.22. The van der Waals surface area contributed by atoms with Crippen LogP contribution >= 0.6 is 11.8 Å². The minimum absolute atomic E-state index is 0.0471. The Morgan fingerprint density at radius 1 is 1.52 bits per heavy atom. The normalized spacial score (nSPS) is 17.1. The van der Waals surface area contributed by atoms with E-state index in [9.17, 15) is 9.18 Å². The number of carbonyl (C=O) groups is 1. The van der Waals surface area contributed by atoms with Crippen LogP contribution in [0.2, 0.25) is 0 Å². The summed E-state index contributed by atoms with van der Waals surface area (Å²) in [6.45, 7) is 0.597. The van der Waals surface area contributed by atoms with Gasteiger partial charge in [0.05, 0.1) is 12.2 Å². The molecular weight excluding hydrogens is 289 g/mol. The van der Waals surface area contributed by atoms with Gasteiger partial charge in [-0.05, 0) is 42.0 Å². The number of benzene rings is 1. The predicted molar refractivity (Wildman–Crippen MR) is 82.7 cm³/mol. The molecule has 2 rings (SSSR count). The van der Waals surface area contributed by atoms with Crippen LogP contribution in [0.15, 0.2) is 18.2 Å². The number of rotatable bonds is 4. The summed E-state index contributed by atoms with van der Waals surface area (Å²) in [5, 5.41) is 11.5. The average Bonchev–Trinajstić information content (AvgIpc) is 3.00. The van der Waals surface area contributed by atoms with Crippen molar-refractivity contribution in [3.05, 3.63) is 35.1 Å². The number of hydrogen-bond acceptors (Lipinski definition) is 3. The summed E-state index contributed by atoms with van der Waals surface area (Å²) in [5.74, 6) is 7.29. The maximum atomic E-state index is 13.8. The zero-order chi connectivity index (χ0) is 15.1. The first-order valence-electron chi connectivity index (χ1n) is 6.96. The highest BCUT2D eigenvalue weighted by molar-refractivity contribution is 7.99. The molecule has 0 radical (unpaired) electrons. The monoisotopic (exact) mass is 307 g/mol. The molecule has 1 unspecified atom stereocenters. The molecule has 1 atom stereocenters. The minimum atomic E-state index is -0.510. The summed E-state index contributed by atoms with van der Waals surface area (Å²) >= 11 is 1.90. The van der Waals surface area contributed by atoms with Crippen molar-refractivity contribution in [3.8, 4) is 11.8 Å². The zero-order valence-corrected chi connectivity index (χ0v) is 12.5. The molecule has 112 valence electrons. The van der Waals surface area contributed by atoms with Gasteiger partial charge >= 0.3 is 0 Å². The number of carbonyl (C=O) groups excluding carboxylic acids is 1. The van der Waals surface area contributed by atoms with Crippen molar-refractivity contribution in [3.63, 3.8) is 0 Å². The Labute approximate surface area is 128 Å². The van der Waals surface area contributed by atoms with Gasteiger partial charge in [0.25, 0.3) is 5.91 Å². The van der Waals surface area contributed by atoms with E-state index in [-0.39, 0.29) is 18.1 Å². The van der Waals surface area contributed by atoms with E-state index >= 15 is 0 Å². The third-order valence-corrected chi connectivity index (χ3v) is 4.50. The minimum Gasteiger partial charge on any atom is -0.395 e. The second-order valence-electron chi connectivity index (χ2n) is 4.91. The van der Waals surface area contributed by atoms with E-state index in [1.807, 2.05) is 11.8 Å². The topological polar surface area (TPSA) is 49.3 Å². The van der Waals surface area contributed by atoms with Crippen molar-refractivity contribution >= 4 is 17.7 Å². The lowest BCUT2D eigenvalue weighted by atomic mass is 10.1. The standard InChI is InChI=1S/C16H18FNO2S/c17-15-9-14(5-4-13(15)3-1-2-7-19)16(20)18-10-12-6-8-21-11-12/h4-5,9,12,19H,2,6-8,10-11H2,(H,18,20). The number of hydrogen-bond donors (Lipinski definition) is 2. The molecular formula is C16H18FNO2S. The van der Waals surface area contributed by atoms with Gasteiger partial charge < -0.3 is 10.4 Å². The van der Waals surface area contributed by atoms with Crippen LogP contribution in [0, 0.1) is 23.6 Å². The van der Waals surface area contributed by atoms with E-state index in [2.05, 4.69) is 17.2 Å². The first-order chi connectivity index (χ1) is 10.2. The molecule has 1 heterocycles. The molecule has 1 aliphatic rings. The van der Waals surface area contributed by atoms with Gasteiger partial charge in [0.1, 0.15) is 5.82 Å². The van der Waals surface area contributed by atoms with Crippen molar-refractivity contribution in [1.82, 2.24) is 5.32 Å². The lowest BCUT2D eigenvalue weighted by Crippen LogP contribution is -2.29. The molecule has 21 heavy (non-hydrogen) atoms. The third-order valence-electron chi connectivity index (χ3n) is 3.27. The molecule has 0 saturated carbocycles. The van der Waals surface area contributed by atoms with Gasteiger partial charge in [0, 0.05) is 18.5 Å². The van der Waals surface area contributed by atoms with E-state index in [1.165, 1.54) is 12.1 Å². The summed E-state index contributed by atoms with van der Waals surface area (Å²) in [6.07, 6.45) is 1.43. The second-order valence-corrected chi connectivity index (χ2v) is 6.06. The maximum absolute atomic E-state index is 13.8. The molecule has 0 aromatic heterocycles. The number of aliphatic hydroxyl groups is 1. The molecule has 0 aliphatic carbocycles. The van der Waals surface area contributed by atoms with Crippen LogP contribution in [0.1, 0.15) is 28.8 Å². The van der Waals surface area contributed by atoms with Crippen LogP contribution < -0.4 is 5.32 Å². The molecule has 1 aromatic carbocycles. The summed E-state index contributed by atoms with van der Waals surface area (Å²) in [5.41, 5.74) is 0.554. The van der Waals surface area contributed by atoms with Gasteiger partial charge in [-0.2, -0.15) is 11.8 Å². The highest BCUT2D eigenvalue weighted by Gasteiger charge is 2.17. The Bertz CT molecular complexity index is 559. The number of amides is 1. The first kappa shape index (κ1) is 15.9. The molecule has 1 fully saturated rings. The number of halogens is 1. The van der Waals surface area contributed by atoms with Gasteiger partial charge in [0.15, 0.2) is 0 Å². The first-order valence-corrected chi connectivity index (χ1v) is 8.11. The molecule has 2 N–H and O–H groups in total. The zero-order valence-electron chi connectivity index (χ0n) is 11.7. The van der Waals surface area contributed by atoms with Crippen LogP contribution in [0.25, 0.3) is 0 Å². The smallest absolute Gasteiger partial charge is 0.251 e. The molecule has 5 heteroatoms. The Balaban J connectivity index is 1.95. The molecule has 3 nitrogen and oxygen atoms in total. The van der Waals surface area contributed by atoms with Crippen LogP contribution in [-0.4, -0.2) is 35.7 Å². The van der Waals surface area contributed by atoms with Crippen LogP contribution in [0.4, 0.5) is 4.39 Å². The summed E-state index contributed by atoms with van der Waals surface area (Å²) in [7, 11) is 0. The number of nitrogens with one attached hydrogen (secondary N) is 1. The lowest BCUT2D eigenvalue weighted by Gasteiger charge is -2.10. The van der Waals surface area contributed by atoms with Gasteiger partial charge in [0.2, 0.25) is 0 Å². The predicted octanol–water partition coefficient (Wildman–Crippen LogP) is 2.04. The fraction of sp³-hybridized carbons (Fsp3) is 0.438. The molecule has 1 saturated heterocycles.